The van der Waals surface area contributed by atoms with E-state index in [9.17, 15) is 14.3 Å². The number of amides is 1. The Hall–Kier alpha value is -1.13. The van der Waals surface area contributed by atoms with E-state index < -0.39 is 11.9 Å². The van der Waals surface area contributed by atoms with Crippen molar-refractivity contribution in [3.63, 3.8) is 0 Å². The zero-order chi connectivity index (χ0) is 13.8. The van der Waals surface area contributed by atoms with Crippen LogP contribution in [-0.4, -0.2) is 23.2 Å². The van der Waals surface area contributed by atoms with Crippen LogP contribution in [-0.2, 0) is 0 Å². The molecule has 0 saturated heterocycles. The maximum Gasteiger partial charge on any atom is 0.251 e. The molecule has 3 nitrogen and oxygen atoms in total. The molecule has 2 N–H and O–H groups in total. The molecule has 0 heterocycles. The Morgan fingerprint density at radius 1 is 1.32 bits per heavy atom. The molecular formula is C14H17ClFNO2. The second kappa shape index (κ2) is 6.35. The second-order valence-corrected chi connectivity index (χ2v) is 5.32. The van der Waals surface area contributed by atoms with Crippen LogP contribution in [0.3, 0.4) is 0 Å². The van der Waals surface area contributed by atoms with Gasteiger partial charge in [-0.05, 0) is 31.0 Å². The lowest BCUT2D eigenvalue weighted by Gasteiger charge is -2.21. The van der Waals surface area contributed by atoms with Crippen LogP contribution in [0.5, 0.6) is 0 Å². The second-order valence-electron chi connectivity index (χ2n) is 4.91. The van der Waals surface area contributed by atoms with Crippen molar-refractivity contribution in [3.8, 4) is 0 Å². The van der Waals surface area contributed by atoms with Crippen LogP contribution in [0, 0.1) is 5.82 Å². The van der Waals surface area contributed by atoms with Crippen LogP contribution in [0.1, 0.15) is 42.5 Å². The van der Waals surface area contributed by atoms with Crippen molar-refractivity contribution >= 4 is 17.5 Å². The van der Waals surface area contributed by atoms with Crippen LogP contribution < -0.4 is 5.32 Å². The largest absolute Gasteiger partial charge is 0.391 e. The quantitative estimate of drug-likeness (QED) is 0.821. The highest BCUT2D eigenvalue weighted by Gasteiger charge is 2.23. The zero-order valence-corrected chi connectivity index (χ0v) is 11.3. The Labute approximate surface area is 116 Å². The summed E-state index contributed by atoms with van der Waals surface area (Å²) in [6.45, 7) is 0. The number of benzene rings is 1. The standard InChI is InChI=1S/C14H17ClFNO2/c15-10-8-9(6-7-11(10)16)14(19)17-12-4-2-1-3-5-13(12)18/h6-8,12-13,18H,1-5H2,(H,17,19). The molecule has 5 heteroatoms. The van der Waals surface area contributed by atoms with Crippen molar-refractivity contribution in [1.29, 1.82) is 0 Å². The molecule has 1 amide bonds. The molecule has 104 valence electrons. The number of halogens is 2. The minimum atomic E-state index is -0.548. The monoisotopic (exact) mass is 285 g/mol. The number of aliphatic hydroxyl groups is 1. The maximum atomic E-state index is 13.0. The first kappa shape index (κ1) is 14.3. The van der Waals surface area contributed by atoms with E-state index in [0.717, 1.165) is 25.7 Å². The molecule has 2 rings (SSSR count). The zero-order valence-electron chi connectivity index (χ0n) is 10.5. The van der Waals surface area contributed by atoms with Crippen molar-refractivity contribution in [1.82, 2.24) is 5.32 Å². The highest BCUT2D eigenvalue weighted by molar-refractivity contribution is 6.31. The van der Waals surface area contributed by atoms with Crippen molar-refractivity contribution in [3.05, 3.63) is 34.6 Å². The minimum absolute atomic E-state index is 0.0749. The van der Waals surface area contributed by atoms with Gasteiger partial charge in [0.2, 0.25) is 0 Å². The number of nitrogens with one attached hydrogen (secondary N) is 1. The van der Waals surface area contributed by atoms with E-state index in [4.69, 9.17) is 11.6 Å². The maximum absolute atomic E-state index is 13.0. The van der Waals surface area contributed by atoms with Crippen molar-refractivity contribution < 1.29 is 14.3 Å². The van der Waals surface area contributed by atoms with Gasteiger partial charge in [0.25, 0.3) is 5.91 Å². The lowest BCUT2D eigenvalue weighted by Crippen LogP contribution is -2.42. The molecule has 1 aromatic rings. The number of hydrogen-bond donors (Lipinski definition) is 2. The highest BCUT2D eigenvalue weighted by Crippen LogP contribution is 2.20. The number of carbonyl (C=O) groups is 1. The molecule has 1 saturated carbocycles. The smallest absolute Gasteiger partial charge is 0.251 e. The summed E-state index contributed by atoms with van der Waals surface area (Å²) in [5.74, 6) is -0.874. The van der Waals surface area contributed by atoms with Crippen LogP contribution in [0.25, 0.3) is 0 Å². The fourth-order valence-corrected chi connectivity index (χ4v) is 2.53. The van der Waals surface area contributed by atoms with Gasteiger partial charge in [-0.25, -0.2) is 4.39 Å². The minimum Gasteiger partial charge on any atom is -0.391 e. The van der Waals surface area contributed by atoms with Gasteiger partial charge < -0.3 is 10.4 Å². The van der Waals surface area contributed by atoms with Crippen molar-refractivity contribution in [2.45, 2.75) is 44.2 Å². The third-order valence-electron chi connectivity index (χ3n) is 3.48. The summed E-state index contributed by atoms with van der Waals surface area (Å²) >= 11 is 5.65. The summed E-state index contributed by atoms with van der Waals surface area (Å²) in [5, 5.41) is 12.7. The van der Waals surface area contributed by atoms with Gasteiger partial charge in [0.05, 0.1) is 17.2 Å². The average molecular weight is 286 g/mol. The third kappa shape index (κ3) is 3.67. The summed E-state index contributed by atoms with van der Waals surface area (Å²) in [4.78, 5) is 12.0. The van der Waals surface area contributed by atoms with E-state index in [1.165, 1.54) is 18.2 Å². The molecule has 0 aliphatic heterocycles. The van der Waals surface area contributed by atoms with Gasteiger partial charge in [0.15, 0.2) is 0 Å². The van der Waals surface area contributed by atoms with Crippen LogP contribution in [0.15, 0.2) is 18.2 Å². The van der Waals surface area contributed by atoms with E-state index in [-0.39, 0.29) is 17.0 Å². The van der Waals surface area contributed by atoms with Crippen molar-refractivity contribution in [2.75, 3.05) is 0 Å². The van der Waals surface area contributed by atoms with E-state index in [1.807, 2.05) is 0 Å². The van der Waals surface area contributed by atoms with Gasteiger partial charge in [0.1, 0.15) is 5.82 Å². The molecule has 0 radical (unpaired) electrons. The number of hydrogen-bond acceptors (Lipinski definition) is 2. The van der Waals surface area contributed by atoms with Gasteiger partial charge in [0, 0.05) is 5.56 Å². The molecule has 2 unspecified atom stereocenters. The van der Waals surface area contributed by atoms with E-state index in [1.54, 1.807) is 0 Å². The van der Waals surface area contributed by atoms with E-state index in [0.29, 0.717) is 12.0 Å². The Kier molecular flexibility index (Phi) is 4.77. The molecule has 0 bridgehead atoms. The van der Waals surface area contributed by atoms with E-state index >= 15 is 0 Å². The Morgan fingerprint density at radius 2 is 2.05 bits per heavy atom. The number of carbonyl (C=O) groups excluding carboxylic acids is 1. The topological polar surface area (TPSA) is 49.3 Å². The molecule has 19 heavy (non-hydrogen) atoms. The molecule has 1 aliphatic carbocycles. The Balaban J connectivity index is 2.05. The first-order chi connectivity index (χ1) is 9.08. The summed E-state index contributed by atoms with van der Waals surface area (Å²) in [5.41, 5.74) is 0.308. The first-order valence-electron chi connectivity index (χ1n) is 6.52. The molecule has 0 aromatic heterocycles. The molecule has 1 aliphatic rings. The SMILES string of the molecule is O=C(NC1CCCCCC1O)c1ccc(F)c(Cl)c1. The molecule has 1 aromatic carbocycles. The first-order valence-corrected chi connectivity index (χ1v) is 6.89. The molecule has 1 fully saturated rings. The molecular weight excluding hydrogens is 269 g/mol. The Bertz CT molecular complexity index is 467. The van der Waals surface area contributed by atoms with Crippen LogP contribution >= 0.6 is 11.6 Å². The molecule has 2 atom stereocenters. The average Bonchev–Trinajstić information content (AvgIpc) is 2.58. The molecule has 0 spiro atoms. The van der Waals surface area contributed by atoms with Gasteiger partial charge in [-0.15, -0.1) is 0 Å². The Morgan fingerprint density at radius 3 is 2.79 bits per heavy atom. The lowest BCUT2D eigenvalue weighted by atomic mass is 10.1. The summed E-state index contributed by atoms with van der Waals surface area (Å²) in [6.07, 6.45) is 4.01. The predicted octanol–water partition coefficient (Wildman–Crippen LogP) is 2.90. The normalized spacial score (nSPS) is 23.7. The predicted molar refractivity (Wildman–Crippen MR) is 71.8 cm³/mol. The number of rotatable bonds is 2. The van der Waals surface area contributed by atoms with Gasteiger partial charge in [-0.2, -0.15) is 0 Å². The van der Waals surface area contributed by atoms with Crippen LogP contribution in [0.4, 0.5) is 4.39 Å². The fourth-order valence-electron chi connectivity index (χ4n) is 2.35. The summed E-state index contributed by atoms with van der Waals surface area (Å²) < 4.78 is 13.0. The lowest BCUT2D eigenvalue weighted by molar-refractivity contribution is 0.0818. The summed E-state index contributed by atoms with van der Waals surface area (Å²) in [6, 6.07) is 3.62. The third-order valence-corrected chi connectivity index (χ3v) is 3.77. The highest BCUT2D eigenvalue weighted by atomic mass is 35.5. The van der Waals surface area contributed by atoms with Crippen molar-refractivity contribution in [2.24, 2.45) is 0 Å². The fraction of sp³-hybridized carbons (Fsp3) is 0.500. The van der Waals surface area contributed by atoms with Gasteiger partial charge in [-0.1, -0.05) is 30.9 Å². The van der Waals surface area contributed by atoms with Gasteiger partial charge >= 0.3 is 0 Å². The number of aliphatic hydroxyl groups excluding tert-OH is 1. The van der Waals surface area contributed by atoms with Crippen LogP contribution in [0.2, 0.25) is 5.02 Å². The van der Waals surface area contributed by atoms with E-state index in [2.05, 4.69) is 5.32 Å². The van der Waals surface area contributed by atoms with Gasteiger partial charge in [-0.3, -0.25) is 4.79 Å². The summed E-state index contributed by atoms with van der Waals surface area (Å²) in [7, 11) is 0.